The number of ether oxygens (including phenoxy) is 1. The van der Waals surface area contributed by atoms with Crippen molar-refractivity contribution in [2.24, 2.45) is 5.92 Å². The molecule has 0 amide bonds. The van der Waals surface area contributed by atoms with Crippen LogP contribution in [0, 0.1) is 18.3 Å². The van der Waals surface area contributed by atoms with E-state index in [0.29, 0.717) is 19.1 Å². The minimum Gasteiger partial charge on any atom is -0.481 e. The average molecular weight is 261 g/mol. The van der Waals surface area contributed by atoms with Crippen molar-refractivity contribution in [3.8, 4) is 18.1 Å². The lowest BCUT2D eigenvalue weighted by Gasteiger charge is -2.14. The molecule has 1 unspecified atom stereocenters. The largest absolute Gasteiger partial charge is 0.481 e. The monoisotopic (exact) mass is 261 g/mol. The Kier molecular flexibility index (Phi) is 7.02. The summed E-state index contributed by atoms with van der Waals surface area (Å²) in [5, 5.41) is 13.0. The number of hydrogen-bond donors (Lipinski definition) is 2. The maximum absolute atomic E-state index is 9.74. The summed E-state index contributed by atoms with van der Waals surface area (Å²) < 4.78 is 5.30. The van der Waals surface area contributed by atoms with Gasteiger partial charge in [-0.2, -0.15) is 0 Å². The van der Waals surface area contributed by atoms with Gasteiger partial charge in [-0.3, -0.25) is 0 Å². The van der Waals surface area contributed by atoms with Crippen LogP contribution in [-0.4, -0.2) is 24.4 Å². The van der Waals surface area contributed by atoms with E-state index in [1.165, 1.54) is 0 Å². The maximum Gasteiger partial charge on any atom is 0.148 e. The van der Waals surface area contributed by atoms with Crippen LogP contribution in [0.4, 0.5) is 0 Å². The van der Waals surface area contributed by atoms with Crippen molar-refractivity contribution in [2.45, 2.75) is 32.9 Å². The molecule has 0 aliphatic rings. The summed E-state index contributed by atoms with van der Waals surface area (Å²) in [4.78, 5) is 0. The quantitative estimate of drug-likeness (QED) is 0.705. The summed E-state index contributed by atoms with van der Waals surface area (Å²) in [5.74, 6) is 3.73. The van der Waals surface area contributed by atoms with Crippen LogP contribution >= 0.6 is 0 Å². The fraction of sp³-hybridized carbons (Fsp3) is 0.500. The summed E-state index contributed by atoms with van der Waals surface area (Å²) >= 11 is 0. The minimum atomic E-state index is -0.279. The Hall–Kier alpha value is -1.50. The van der Waals surface area contributed by atoms with E-state index in [1.54, 1.807) is 0 Å². The van der Waals surface area contributed by atoms with Crippen molar-refractivity contribution in [1.29, 1.82) is 0 Å². The van der Waals surface area contributed by atoms with Crippen LogP contribution < -0.4 is 10.1 Å². The van der Waals surface area contributed by atoms with Crippen molar-refractivity contribution < 1.29 is 9.84 Å². The van der Waals surface area contributed by atoms with Crippen LogP contribution in [0.2, 0.25) is 0 Å². The van der Waals surface area contributed by atoms with Gasteiger partial charge in [0.2, 0.25) is 0 Å². The highest BCUT2D eigenvalue weighted by molar-refractivity contribution is 5.27. The third kappa shape index (κ3) is 6.85. The predicted molar refractivity (Wildman–Crippen MR) is 77.9 cm³/mol. The van der Waals surface area contributed by atoms with Crippen LogP contribution in [0.1, 0.15) is 25.8 Å². The lowest BCUT2D eigenvalue weighted by molar-refractivity contribution is 0.146. The van der Waals surface area contributed by atoms with Gasteiger partial charge in [0.15, 0.2) is 0 Å². The number of aliphatic hydroxyl groups is 1. The lowest BCUT2D eigenvalue weighted by atomic mass is 10.1. The second-order valence-electron chi connectivity index (χ2n) is 5.05. The number of terminal acetylenes is 1. The molecule has 19 heavy (non-hydrogen) atoms. The first kappa shape index (κ1) is 15.6. The summed E-state index contributed by atoms with van der Waals surface area (Å²) in [7, 11) is 0. The van der Waals surface area contributed by atoms with E-state index in [4.69, 9.17) is 11.2 Å². The van der Waals surface area contributed by atoms with Crippen LogP contribution in [0.25, 0.3) is 0 Å². The van der Waals surface area contributed by atoms with Crippen LogP contribution in [-0.2, 0) is 6.54 Å². The second kappa shape index (κ2) is 8.58. The zero-order valence-electron chi connectivity index (χ0n) is 11.7. The molecule has 104 valence electrons. The molecule has 0 saturated heterocycles. The van der Waals surface area contributed by atoms with Gasteiger partial charge in [0.25, 0.3) is 0 Å². The Labute approximate surface area is 116 Å². The molecule has 0 saturated carbocycles. The third-order valence-corrected chi connectivity index (χ3v) is 2.70. The van der Waals surface area contributed by atoms with Gasteiger partial charge in [-0.1, -0.05) is 31.9 Å². The molecule has 0 spiro atoms. The van der Waals surface area contributed by atoms with Gasteiger partial charge < -0.3 is 15.2 Å². The standard InChI is InChI=1S/C16H23NO2/c1-4-9-19-16-7-5-14(6-8-16)11-17-12-15(18)10-13(2)3/h1,5-8,13,15,17-18H,9-12H2,2-3H3. The minimum absolute atomic E-state index is 0.279. The lowest BCUT2D eigenvalue weighted by Crippen LogP contribution is -2.27. The van der Waals surface area contributed by atoms with Crippen molar-refractivity contribution >= 4 is 0 Å². The highest BCUT2D eigenvalue weighted by Gasteiger charge is 2.06. The first-order valence-electron chi connectivity index (χ1n) is 6.65. The SMILES string of the molecule is C#CCOc1ccc(CNCC(O)CC(C)C)cc1. The third-order valence-electron chi connectivity index (χ3n) is 2.70. The number of rotatable bonds is 8. The van der Waals surface area contributed by atoms with E-state index in [-0.39, 0.29) is 6.10 Å². The summed E-state index contributed by atoms with van der Waals surface area (Å²) in [6, 6.07) is 7.79. The van der Waals surface area contributed by atoms with Gasteiger partial charge in [0, 0.05) is 13.1 Å². The Morgan fingerprint density at radius 2 is 2.00 bits per heavy atom. The highest BCUT2D eigenvalue weighted by atomic mass is 16.5. The van der Waals surface area contributed by atoms with Crippen molar-refractivity contribution in [1.82, 2.24) is 5.32 Å². The molecule has 0 bridgehead atoms. The van der Waals surface area contributed by atoms with Gasteiger partial charge in [-0.25, -0.2) is 0 Å². The van der Waals surface area contributed by atoms with Gasteiger partial charge >= 0.3 is 0 Å². The summed E-state index contributed by atoms with van der Waals surface area (Å²) in [6.45, 7) is 5.87. The number of hydrogen-bond acceptors (Lipinski definition) is 3. The van der Waals surface area contributed by atoms with Gasteiger partial charge in [-0.05, 0) is 30.0 Å². The molecule has 0 aliphatic heterocycles. The maximum atomic E-state index is 9.74. The second-order valence-corrected chi connectivity index (χ2v) is 5.05. The number of aliphatic hydroxyl groups excluding tert-OH is 1. The molecule has 1 rings (SSSR count). The van der Waals surface area contributed by atoms with Crippen molar-refractivity contribution in [2.75, 3.05) is 13.2 Å². The molecule has 0 aromatic heterocycles. The Morgan fingerprint density at radius 3 is 2.58 bits per heavy atom. The predicted octanol–water partition coefficient (Wildman–Crippen LogP) is 2.20. The normalized spacial score (nSPS) is 12.2. The van der Waals surface area contributed by atoms with Crippen molar-refractivity contribution in [3.05, 3.63) is 29.8 Å². The molecular formula is C16H23NO2. The zero-order chi connectivity index (χ0) is 14.1. The fourth-order valence-electron chi connectivity index (χ4n) is 1.84. The molecule has 0 heterocycles. The highest BCUT2D eigenvalue weighted by Crippen LogP contribution is 2.12. The first-order chi connectivity index (χ1) is 9.11. The van der Waals surface area contributed by atoms with E-state index in [1.807, 2.05) is 24.3 Å². The summed E-state index contributed by atoms with van der Waals surface area (Å²) in [5.41, 5.74) is 1.16. The van der Waals surface area contributed by atoms with E-state index in [9.17, 15) is 5.11 Å². The van der Waals surface area contributed by atoms with E-state index in [2.05, 4.69) is 25.1 Å². The Balaban J connectivity index is 2.28. The van der Waals surface area contributed by atoms with E-state index in [0.717, 1.165) is 24.3 Å². The zero-order valence-corrected chi connectivity index (χ0v) is 11.7. The van der Waals surface area contributed by atoms with Gasteiger partial charge in [0.05, 0.1) is 6.10 Å². The van der Waals surface area contributed by atoms with E-state index >= 15 is 0 Å². The fourth-order valence-corrected chi connectivity index (χ4v) is 1.84. The molecule has 1 atom stereocenters. The van der Waals surface area contributed by atoms with Crippen molar-refractivity contribution in [3.63, 3.8) is 0 Å². The van der Waals surface area contributed by atoms with Crippen LogP contribution in [0.3, 0.4) is 0 Å². The van der Waals surface area contributed by atoms with Crippen LogP contribution in [0.15, 0.2) is 24.3 Å². The smallest absolute Gasteiger partial charge is 0.148 e. The topological polar surface area (TPSA) is 41.5 Å². The van der Waals surface area contributed by atoms with Crippen LogP contribution in [0.5, 0.6) is 5.75 Å². The summed E-state index contributed by atoms with van der Waals surface area (Å²) in [6.07, 6.45) is 5.67. The Morgan fingerprint density at radius 1 is 1.32 bits per heavy atom. The molecule has 0 aliphatic carbocycles. The van der Waals surface area contributed by atoms with Gasteiger partial charge in [0.1, 0.15) is 12.4 Å². The molecule has 1 aromatic rings. The van der Waals surface area contributed by atoms with Gasteiger partial charge in [-0.15, -0.1) is 6.42 Å². The molecule has 0 radical (unpaired) electrons. The van der Waals surface area contributed by atoms with E-state index < -0.39 is 0 Å². The average Bonchev–Trinajstić information content (AvgIpc) is 2.37. The number of nitrogens with one attached hydrogen (secondary N) is 1. The molecular weight excluding hydrogens is 238 g/mol. The number of benzene rings is 1. The first-order valence-corrected chi connectivity index (χ1v) is 6.65. The molecule has 2 N–H and O–H groups in total. The molecule has 0 fully saturated rings. The molecule has 3 heteroatoms. The Bertz CT molecular complexity index is 392. The molecule has 1 aromatic carbocycles. The molecule has 3 nitrogen and oxygen atoms in total.